The normalized spacial score (nSPS) is 26.5. The van der Waals surface area contributed by atoms with Crippen molar-refractivity contribution in [2.24, 2.45) is 0 Å². The van der Waals surface area contributed by atoms with Crippen molar-refractivity contribution in [3.05, 3.63) is 24.5 Å². The number of nitrogens with zero attached hydrogens (tertiary/aromatic N) is 1. The van der Waals surface area contributed by atoms with Gasteiger partial charge in [-0.15, -0.1) is 11.8 Å². The maximum Gasteiger partial charge on any atom is 0.0278 e. The number of hydrogen-bond acceptors (Lipinski definition) is 3. The summed E-state index contributed by atoms with van der Waals surface area (Å²) < 4.78 is 0. The van der Waals surface area contributed by atoms with Crippen molar-refractivity contribution in [1.29, 1.82) is 0 Å². The van der Waals surface area contributed by atoms with Crippen LogP contribution in [0.4, 0.5) is 0 Å². The van der Waals surface area contributed by atoms with Crippen LogP contribution in [0.3, 0.4) is 0 Å². The second-order valence-corrected chi connectivity index (χ2v) is 5.33. The summed E-state index contributed by atoms with van der Waals surface area (Å²) in [5.41, 5.74) is 0. The molecule has 0 aromatic carbocycles. The monoisotopic (exact) mass is 222 g/mol. The summed E-state index contributed by atoms with van der Waals surface area (Å²) in [5.74, 6) is 0. The molecule has 2 nitrogen and oxygen atoms in total. The van der Waals surface area contributed by atoms with Gasteiger partial charge in [-0.25, -0.2) is 0 Å². The first-order valence-electron chi connectivity index (χ1n) is 5.64. The van der Waals surface area contributed by atoms with Gasteiger partial charge in [0.15, 0.2) is 0 Å². The summed E-state index contributed by atoms with van der Waals surface area (Å²) in [5, 5.41) is 4.17. The fraction of sp³-hybridized carbons (Fsp3) is 0.583. The van der Waals surface area contributed by atoms with Crippen LogP contribution in [0, 0.1) is 0 Å². The number of thioether (sulfide) groups is 1. The average Bonchev–Trinajstić information content (AvgIpc) is 2.31. The molecule has 1 aliphatic carbocycles. The second kappa shape index (κ2) is 5.52. The number of aromatic nitrogens is 1. The maximum atomic E-state index is 4.05. The Hall–Kier alpha value is -0.540. The van der Waals surface area contributed by atoms with Gasteiger partial charge in [-0.05, 0) is 32.0 Å². The van der Waals surface area contributed by atoms with Gasteiger partial charge in [0, 0.05) is 28.6 Å². The molecule has 2 unspecified atom stereocenters. The Morgan fingerprint density at radius 3 is 2.73 bits per heavy atom. The maximum absolute atomic E-state index is 4.05. The van der Waals surface area contributed by atoms with Crippen LogP contribution in [-0.4, -0.2) is 23.3 Å². The van der Waals surface area contributed by atoms with Crippen molar-refractivity contribution in [3.8, 4) is 0 Å². The van der Waals surface area contributed by atoms with Gasteiger partial charge in [-0.3, -0.25) is 4.98 Å². The van der Waals surface area contributed by atoms with Gasteiger partial charge in [0.25, 0.3) is 0 Å². The first kappa shape index (κ1) is 11.0. The first-order valence-corrected chi connectivity index (χ1v) is 6.52. The molecule has 0 spiro atoms. The third-order valence-electron chi connectivity index (χ3n) is 3.01. The molecule has 0 amide bonds. The molecule has 82 valence electrons. The quantitative estimate of drug-likeness (QED) is 0.851. The summed E-state index contributed by atoms with van der Waals surface area (Å²) in [7, 11) is 2.08. The summed E-state index contributed by atoms with van der Waals surface area (Å²) in [6.07, 6.45) is 9.15. The number of hydrogen-bond donors (Lipinski definition) is 1. The van der Waals surface area contributed by atoms with Crippen molar-refractivity contribution in [3.63, 3.8) is 0 Å². The van der Waals surface area contributed by atoms with Gasteiger partial charge in [-0.2, -0.15) is 0 Å². The molecular formula is C12H18N2S. The lowest BCUT2D eigenvalue weighted by Crippen LogP contribution is -2.38. The minimum atomic E-state index is 0.678. The Bertz CT molecular complexity index is 289. The van der Waals surface area contributed by atoms with Crippen molar-refractivity contribution >= 4 is 11.8 Å². The second-order valence-electron chi connectivity index (χ2n) is 4.02. The van der Waals surface area contributed by atoms with Crippen LogP contribution in [0.2, 0.25) is 0 Å². The van der Waals surface area contributed by atoms with E-state index in [1.807, 2.05) is 24.2 Å². The summed E-state index contributed by atoms with van der Waals surface area (Å²) in [6, 6.07) is 4.88. The molecule has 1 N–H and O–H groups in total. The lowest BCUT2D eigenvalue weighted by molar-refractivity contribution is 0.405. The molecule has 1 aromatic rings. The molecule has 1 aliphatic rings. The summed E-state index contributed by atoms with van der Waals surface area (Å²) in [6.45, 7) is 0. The van der Waals surface area contributed by atoms with E-state index in [-0.39, 0.29) is 0 Å². The van der Waals surface area contributed by atoms with E-state index in [9.17, 15) is 0 Å². The Morgan fingerprint density at radius 2 is 2.00 bits per heavy atom. The van der Waals surface area contributed by atoms with Crippen LogP contribution in [0.25, 0.3) is 0 Å². The highest BCUT2D eigenvalue weighted by Crippen LogP contribution is 2.33. The van der Waals surface area contributed by atoms with Crippen LogP contribution in [0.15, 0.2) is 29.4 Å². The van der Waals surface area contributed by atoms with E-state index >= 15 is 0 Å². The van der Waals surface area contributed by atoms with Gasteiger partial charge in [0.05, 0.1) is 0 Å². The highest BCUT2D eigenvalue weighted by Gasteiger charge is 2.24. The predicted molar refractivity (Wildman–Crippen MR) is 65.2 cm³/mol. The van der Waals surface area contributed by atoms with Crippen LogP contribution in [0.5, 0.6) is 0 Å². The zero-order valence-corrected chi connectivity index (χ0v) is 9.96. The molecule has 2 rings (SSSR count). The first-order chi connectivity index (χ1) is 7.40. The Labute approximate surface area is 95.9 Å². The third-order valence-corrected chi connectivity index (χ3v) is 4.42. The average molecular weight is 222 g/mol. The molecule has 15 heavy (non-hydrogen) atoms. The van der Waals surface area contributed by atoms with E-state index in [1.54, 1.807) is 0 Å². The topological polar surface area (TPSA) is 24.9 Å². The van der Waals surface area contributed by atoms with E-state index < -0.39 is 0 Å². The predicted octanol–water partition coefficient (Wildman–Crippen LogP) is 2.70. The summed E-state index contributed by atoms with van der Waals surface area (Å²) in [4.78, 5) is 5.39. The Balaban J connectivity index is 1.97. The van der Waals surface area contributed by atoms with E-state index in [1.165, 1.54) is 30.6 Å². The van der Waals surface area contributed by atoms with E-state index in [0.717, 1.165) is 5.25 Å². The van der Waals surface area contributed by atoms with Gasteiger partial charge in [0.1, 0.15) is 0 Å². The van der Waals surface area contributed by atoms with Crippen molar-refractivity contribution in [1.82, 2.24) is 10.3 Å². The molecule has 3 heteroatoms. The minimum absolute atomic E-state index is 0.678. The lowest BCUT2D eigenvalue weighted by atomic mass is 9.95. The van der Waals surface area contributed by atoms with Crippen molar-refractivity contribution in [2.75, 3.05) is 7.05 Å². The fourth-order valence-corrected chi connectivity index (χ4v) is 3.51. The largest absolute Gasteiger partial charge is 0.316 e. The molecule has 0 aliphatic heterocycles. The fourth-order valence-electron chi connectivity index (χ4n) is 2.16. The molecule has 1 saturated carbocycles. The molecule has 0 radical (unpaired) electrons. The van der Waals surface area contributed by atoms with Crippen LogP contribution in [0.1, 0.15) is 25.7 Å². The molecule has 2 atom stereocenters. The van der Waals surface area contributed by atoms with Crippen LogP contribution in [-0.2, 0) is 0 Å². The van der Waals surface area contributed by atoms with E-state index in [4.69, 9.17) is 0 Å². The Kier molecular flexibility index (Phi) is 4.03. The summed E-state index contributed by atoms with van der Waals surface area (Å²) >= 11 is 1.99. The number of pyridine rings is 1. The smallest absolute Gasteiger partial charge is 0.0278 e. The van der Waals surface area contributed by atoms with Gasteiger partial charge in [-0.1, -0.05) is 12.8 Å². The van der Waals surface area contributed by atoms with Crippen molar-refractivity contribution < 1.29 is 0 Å². The van der Waals surface area contributed by atoms with E-state index in [0.29, 0.717) is 6.04 Å². The van der Waals surface area contributed by atoms with Gasteiger partial charge < -0.3 is 5.32 Å². The highest BCUT2D eigenvalue weighted by molar-refractivity contribution is 8.00. The lowest BCUT2D eigenvalue weighted by Gasteiger charge is -2.30. The molecule has 1 aromatic heterocycles. The molecular weight excluding hydrogens is 204 g/mol. The molecule has 1 fully saturated rings. The third kappa shape index (κ3) is 2.95. The van der Waals surface area contributed by atoms with Crippen LogP contribution < -0.4 is 5.32 Å². The van der Waals surface area contributed by atoms with Gasteiger partial charge >= 0.3 is 0 Å². The SMILES string of the molecule is CNC1CCCCC1Sc1ccncc1. The number of rotatable bonds is 3. The van der Waals surface area contributed by atoms with Crippen LogP contribution >= 0.6 is 11.8 Å². The van der Waals surface area contributed by atoms with Gasteiger partial charge in [0.2, 0.25) is 0 Å². The minimum Gasteiger partial charge on any atom is -0.316 e. The molecule has 0 saturated heterocycles. The Morgan fingerprint density at radius 1 is 1.27 bits per heavy atom. The zero-order chi connectivity index (χ0) is 10.5. The highest BCUT2D eigenvalue weighted by atomic mass is 32.2. The standard InChI is InChI=1S/C12H18N2S/c1-13-11-4-2-3-5-12(11)15-10-6-8-14-9-7-10/h6-9,11-13H,2-5H2,1H3. The molecule has 1 heterocycles. The molecule has 0 bridgehead atoms. The van der Waals surface area contributed by atoms with Crippen molar-refractivity contribution in [2.45, 2.75) is 41.9 Å². The zero-order valence-electron chi connectivity index (χ0n) is 9.15. The number of nitrogens with one attached hydrogen (secondary N) is 1. The van der Waals surface area contributed by atoms with E-state index in [2.05, 4.69) is 29.5 Å².